The van der Waals surface area contributed by atoms with Crippen LogP contribution < -0.4 is 0 Å². The third-order valence-electron chi connectivity index (χ3n) is 3.01. The van der Waals surface area contributed by atoms with Gasteiger partial charge in [0, 0.05) is 13.1 Å². The highest BCUT2D eigenvalue weighted by Gasteiger charge is 2.25. The van der Waals surface area contributed by atoms with Crippen LogP contribution in [0.3, 0.4) is 0 Å². The van der Waals surface area contributed by atoms with Crippen LogP contribution in [0, 0.1) is 5.82 Å². The van der Waals surface area contributed by atoms with Gasteiger partial charge in [0.1, 0.15) is 11.6 Å². The third kappa shape index (κ3) is 2.57. The average molecular weight is 274 g/mol. The van der Waals surface area contributed by atoms with Crippen molar-refractivity contribution in [2.24, 2.45) is 0 Å². The van der Waals surface area contributed by atoms with Gasteiger partial charge in [0.05, 0.1) is 16.7 Å². The number of phenolic OH excluding ortho intramolecular Hbond substituents is 1. The molecule has 18 heavy (non-hydrogen) atoms. The number of aliphatic hydroxyl groups excluding tert-OH is 1. The summed E-state index contributed by atoms with van der Waals surface area (Å²) in [5, 5.41) is 18.8. The molecule has 1 aliphatic heterocycles. The van der Waals surface area contributed by atoms with Gasteiger partial charge >= 0.3 is 0 Å². The predicted octanol–water partition coefficient (Wildman–Crippen LogP) is 1.78. The highest BCUT2D eigenvalue weighted by molar-refractivity contribution is 6.32. The highest BCUT2D eigenvalue weighted by atomic mass is 35.5. The third-order valence-corrected chi connectivity index (χ3v) is 3.30. The van der Waals surface area contributed by atoms with Crippen LogP contribution in [-0.2, 0) is 0 Å². The maximum Gasteiger partial charge on any atom is 0.257 e. The molecule has 1 heterocycles. The van der Waals surface area contributed by atoms with Gasteiger partial charge in [0.25, 0.3) is 5.91 Å². The molecule has 4 nitrogen and oxygen atoms in total. The minimum Gasteiger partial charge on any atom is -0.506 e. The van der Waals surface area contributed by atoms with Crippen LogP contribution in [0.25, 0.3) is 0 Å². The lowest BCUT2D eigenvalue weighted by Gasteiger charge is -2.29. The van der Waals surface area contributed by atoms with Gasteiger partial charge < -0.3 is 15.1 Å². The number of carbonyl (C=O) groups is 1. The Morgan fingerprint density at radius 1 is 1.39 bits per heavy atom. The van der Waals surface area contributed by atoms with Crippen LogP contribution in [0.4, 0.5) is 4.39 Å². The number of rotatable bonds is 1. The van der Waals surface area contributed by atoms with E-state index in [2.05, 4.69) is 0 Å². The minimum atomic E-state index is -0.668. The number of halogens is 2. The molecule has 2 N–H and O–H groups in total. The summed E-state index contributed by atoms with van der Waals surface area (Å²) in [6.45, 7) is 0.765. The number of piperidine rings is 1. The van der Waals surface area contributed by atoms with E-state index in [-0.39, 0.29) is 10.6 Å². The van der Waals surface area contributed by atoms with Gasteiger partial charge in [-0.25, -0.2) is 4.39 Å². The van der Waals surface area contributed by atoms with Gasteiger partial charge in [0.15, 0.2) is 0 Å². The second-order valence-corrected chi connectivity index (χ2v) is 4.71. The lowest BCUT2D eigenvalue weighted by atomic mass is 10.1. The molecule has 1 aliphatic rings. The van der Waals surface area contributed by atoms with E-state index < -0.39 is 23.6 Å². The molecule has 0 radical (unpaired) electrons. The summed E-state index contributed by atoms with van der Waals surface area (Å²) in [4.78, 5) is 13.6. The molecule has 0 aromatic heterocycles. The molecule has 1 aromatic rings. The minimum absolute atomic E-state index is 0.142. The van der Waals surface area contributed by atoms with Gasteiger partial charge in [-0.3, -0.25) is 4.79 Å². The molecule has 0 spiro atoms. The fourth-order valence-corrected chi connectivity index (χ4v) is 2.17. The van der Waals surface area contributed by atoms with E-state index >= 15 is 0 Å². The summed E-state index contributed by atoms with van der Waals surface area (Å²) in [7, 11) is 0. The average Bonchev–Trinajstić information content (AvgIpc) is 2.34. The summed E-state index contributed by atoms with van der Waals surface area (Å²) in [5.74, 6) is -1.55. The zero-order chi connectivity index (χ0) is 13.3. The smallest absolute Gasteiger partial charge is 0.257 e. The predicted molar refractivity (Wildman–Crippen MR) is 64.2 cm³/mol. The van der Waals surface area contributed by atoms with Crippen LogP contribution in [0.1, 0.15) is 23.2 Å². The molecule has 1 amide bonds. The van der Waals surface area contributed by atoms with Crippen molar-refractivity contribution in [3.63, 3.8) is 0 Å². The first-order chi connectivity index (χ1) is 8.49. The van der Waals surface area contributed by atoms with Crippen LogP contribution in [0.5, 0.6) is 5.75 Å². The highest BCUT2D eigenvalue weighted by Crippen LogP contribution is 2.30. The largest absolute Gasteiger partial charge is 0.506 e. The quantitative estimate of drug-likeness (QED) is 0.820. The van der Waals surface area contributed by atoms with Crippen LogP contribution in [0.15, 0.2) is 12.1 Å². The van der Waals surface area contributed by atoms with E-state index in [0.717, 1.165) is 12.1 Å². The first-order valence-corrected chi connectivity index (χ1v) is 6.02. The SMILES string of the molecule is O=C(c1cc(F)cc(Cl)c1O)N1CCC(O)CC1. The molecular formula is C12H13ClFNO3. The zero-order valence-electron chi connectivity index (χ0n) is 9.57. The second kappa shape index (κ2) is 5.12. The maximum absolute atomic E-state index is 13.2. The molecular weight excluding hydrogens is 261 g/mol. The van der Waals surface area contributed by atoms with Crippen LogP contribution >= 0.6 is 11.6 Å². The van der Waals surface area contributed by atoms with Crippen molar-refractivity contribution >= 4 is 17.5 Å². The number of aliphatic hydroxyl groups is 1. The molecule has 2 rings (SSSR count). The number of likely N-dealkylation sites (tertiary alicyclic amines) is 1. The molecule has 1 saturated heterocycles. The number of aromatic hydroxyl groups is 1. The topological polar surface area (TPSA) is 60.8 Å². The van der Waals surface area contributed by atoms with Gasteiger partial charge in [-0.1, -0.05) is 11.6 Å². The number of phenols is 1. The Hall–Kier alpha value is -1.33. The van der Waals surface area contributed by atoms with Crippen molar-refractivity contribution < 1.29 is 19.4 Å². The van der Waals surface area contributed by atoms with E-state index in [1.165, 1.54) is 4.90 Å². The summed E-state index contributed by atoms with van der Waals surface area (Å²) >= 11 is 5.62. The lowest BCUT2D eigenvalue weighted by Crippen LogP contribution is -2.40. The van der Waals surface area contributed by atoms with Gasteiger partial charge in [-0.15, -0.1) is 0 Å². The maximum atomic E-state index is 13.2. The van der Waals surface area contributed by atoms with Gasteiger partial charge in [0.2, 0.25) is 0 Å². The Morgan fingerprint density at radius 2 is 2.00 bits per heavy atom. The zero-order valence-corrected chi connectivity index (χ0v) is 10.3. The molecule has 6 heteroatoms. The van der Waals surface area contributed by atoms with Crippen molar-refractivity contribution in [1.29, 1.82) is 0 Å². The number of benzene rings is 1. The van der Waals surface area contributed by atoms with E-state index in [9.17, 15) is 19.4 Å². The summed E-state index contributed by atoms with van der Waals surface area (Å²) < 4.78 is 13.2. The monoisotopic (exact) mass is 273 g/mol. The standard InChI is InChI=1S/C12H13ClFNO3/c13-10-6-7(14)5-9(11(10)17)12(18)15-3-1-8(16)2-4-15/h5-6,8,16-17H,1-4H2. The summed E-state index contributed by atoms with van der Waals surface area (Å²) in [6, 6.07) is 1.92. The van der Waals surface area contributed by atoms with Gasteiger partial charge in [-0.2, -0.15) is 0 Å². The first kappa shape index (κ1) is 13.1. The van der Waals surface area contributed by atoms with Crippen molar-refractivity contribution in [3.05, 3.63) is 28.5 Å². The molecule has 1 fully saturated rings. The molecule has 98 valence electrons. The Balaban J connectivity index is 2.23. The Morgan fingerprint density at radius 3 is 2.61 bits per heavy atom. The van der Waals surface area contributed by atoms with Crippen LogP contribution in [0.2, 0.25) is 5.02 Å². The molecule has 0 bridgehead atoms. The van der Waals surface area contributed by atoms with E-state index in [1.807, 2.05) is 0 Å². The number of hydrogen-bond acceptors (Lipinski definition) is 3. The van der Waals surface area contributed by atoms with Gasteiger partial charge in [-0.05, 0) is 25.0 Å². The van der Waals surface area contributed by atoms with Crippen molar-refractivity contribution in [2.45, 2.75) is 18.9 Å². The normalized spacial score (nSPS) is 16.9. The molecule has 0 saturated carbocycles. The molecule has 0 aliphatic carbocycles. The number of carbonyl (C=O) groups excluding carboxylic acids is 1. The second-order valence-electron chi connectivity index (χ2n) is 4.31. The van der Waals surface area contributed by atoms with Crippen molar-refractivity contribution in [2.75, 3.05) is 13.1 Å². The lowest BCUT2D eigenvalue weighted by molar-refractivity contribution is 0.0544. The first-order valence-electron chi connectivity index (χ1n) is 5.64. The molecule has 0 atom stereocenters. The van der Waals surface area contributed by atoms with E-state index in [1.54, 1.807) is 0 Å². The number of nitrogens with zero attached hydrogens (tertiary/aromatic N) is 1. The van der Waals surface area contributed by atoms with E-state index in [0.29, 0.717) is 25.9 Å². The molecule has 0 unspecified atom stereocenters. The number of hydrogen-bond donors (Lipinski definition) is 2. The van der Waals surface area contributed by atoms with Crippen molar-refractivity contribution in [1.82, 2.24) is 4.90 Å². The Kier molecular flexibility index (Phi) is 3.73. The Labute approximate surface area is 109 Å². The van der Waals surface area contributed by atoms with Crippen molar-refractivity contribution in [3.8, 4) is 5.75 Å². The fraction of sp³-hybridized carbons (Fsp3) is 0.417. The fourth-order valence-electron chi connectivity index (χ4n) is 1.97. The van der Waals surface area contributed by atoms with E-state index in [4.69, 9.17) is 11.6 Å². The number of amides is 1. The molecule has 1 aromatic carbocycles. The van der Waals surface area contributed by atoms with Crippen LogP contribution in [-0.4, -0.2) is 40.2 Å². The summed E-state index contributed by atoms with van der Waals surface area (Å²) in [5.41, 5.74) is -0.142. The summed E-state index contributed by atoms with van der Waals surface area (Å²) in [6.07, 6.45) is 0.559. The Bertz CT molecular complexity index is 473.